The molecule has 0 fully saturated rings. The molecule has 0 aliphatic carbocycles. The van der Waals surface area contributed by atoms with Crippen LogP contribution in [0.2, 0.25) is 0 Å². The van der Waals surface area contributed by atoms with Crippen LogP contribution < -0.4 is 5.32 Å². The maximum Gasteiger partial charge on any atom is 0.296 e. The molecule has 0 spiro atoms. The summed E-state index contributed by atoms with van der Waals surface area (Å²) in [6.07, 6.45) is 0.737. The van der Waals surface area contributed by atoms with Gasteiger partial charge in [0.15, 0.2) is 0 Å². The van der Waals surface area contributed by atoms with Crippen molar-refractivity contribution in [2.24, 2.45) is 0 Å². The predicted molar refractivity (Wildman–Crippen MR) is 109 cm³/mol. The second-order valence-corrected chi connectivity index (χ2v) is 6.96. The number of carbonyl (C=O) groups excluding carboxylic acids is 1. The minimum Gasteiger partial charge on any atom is -0.366 e. The summed E-state index contributed by atoms with van der Waals surface area (Å²) in [5, 5.41) is 4.73. The number of carbonyl (C=O) groups is 1. The highest BCUT2D eigenvalue weighted by molar-refractivity contribution is 5.94. The molecule has 0 radical (unpaired) electrons. The third kappa shape index (κ3) is 4.21. The molecule has 0 atom stereocenters. The molecule has 28 heavy (non-hydrogen) atoms. The van der Waals surface area contributed by atoms with Gasteiger partial charge in [-0.1, -0.05) is 66.2 Å². The summed E-state index contributed by atoms with van der Waals surface area (Å²) in [6, 6.07) is 22.1. The highest BCUT2D eigenvalue weighted by atomic mass is 16.7. The fourth-order valence-electron chi connectivity index (χ4n) is 3.28. The van der Waals surface area contributed by atoms with Gasteiger partial charge in [-0.25, -0.2) is 10.0 Å². The molecule has 142 valence electrons. The first-order chi connectivity index (χ1) is 13.7. The minimum absolute atomic E-state index is 0.184. The first-order valence-corrected chi connectivity index (χ1v) is 9.47. The number of amides is 1. The first-order valence-electron chi connectivity index (χ1n) is 9.47. The zero-order valence-corrected chi connectivity index (χ0v) is 15.9. The number of anilines is 1. The highest BCUT2D eigenvalue weighted by Gasteiger charge is 2.27. The van der Waals surface area contributed by atoms with Crippen molar-refractivity contribution in [1.82, 2.24) is 10.0 Å². The molecule has 0 saturated heterocycles. The lowest BCUT2D eigenvalue weighted by Crippen LogP contribution is -2.38. The van der Waals surface area contributed by atoms with Gasteiger partial charge < -0.3 is 5.32 Å². The van der Waals surface area contributed by atoms with Gasteiger partial charge >= 0.3 is 0 Å². The Balaban J connectivity index is 1.43. The number of rotatable bonds is 6. The van der Waals surface area contributed by atoms with E-state index in [4.69, 9.17) is 4.84 Å². The molecule has 5 nitrogen and oxygen atoms in total. The molecule has 0 saturated carbocycles. The highest BCUT2D eigenvalue weighted by Crippen LogP contribution is 2.21. The van der Waals surface area contributed by atoms with Gasteiger partial charge in [-0.15, -0.1) is 0 Å². The molecule has 0 unspecified atom stereocenters. The molecule has 1 aliphatic heterocycles. The van der Waals surface area contributed by atoms with E-state index in [1.807, 2.05) is 48.5 Å². The maximum atomic E-state index is 12.8. The molecule has 1 N–H and O–H groups in total. The van der Waals surface area contributed by atoms with Crippen molar-refractivity contribution >= 4 is 11.7 Å². The third-order valence-electron chi connectivity index (χ3n) is 4.78. The van der Waals surface area contributed by atoms with Gasteiger partial charge in [-0.2, -0.15) is 0 Å². The van der Waals surface area contributed by atoms with Gasteiger partial charge in [-0.3, -0.25) is 9.63 Å². The number of pyridine rings is 1. The smallest absolute Gasteiger partial charge is 0.296 e. The summed E-state index contributed by atoms with van der Waals surface area (Å²) in [5.74, 6) is 0.509. The summed E-state index contributed by atoms with van der Waals surface area (Å²) in [4.78, 5) is 23.1. The third-order valence-corrected chi connectivity index (χ3v) is 4.78. The van der Waals surface area contributed by atoms with Crippen molar-refractivity contribution in [3.05, 3.63) is 94.7 Å². The normalized spacial score (nSPS) is 13.3. The van der Waals surface area contributed by atoms with E-state index in [9.17, 15) is 4.79 Å². The minimum atomic E-state index is -0.184. The number of nitrogens with zero attached hydrogens (tertiary/aromatic N) is 2. The molecular formula is C23H23N3O2. The SMILES string of the molecule is Cc1cccc(CNc2ccc3c(n2)C(=O)N(OCc2ccccc2)CC3)c1. The van der Waals surface area contributed by atoms with E-state index >= 15 is 0 Å². The van der Waals surface area contributed by atoms with Gasteiger partial charge in [0, 0.05) is 6.54 Å². The van der Waals surface area contributed by atoms with Crippen LogP contribution in [0.1, 0.15) is 32.7 Å². The topological polar surface area (TPSA) is 54.5 Å². The molecule has 2 heterocycles. The van der Waals surface area contributed by atoms with Gasteiger partial charge in [-0.05, 0) is 36.1 Å². The standard InChI is InChI=1S/C23H23N3O2/c1-17-6-5-9-19(14-17)15-24-21-11-10-20-12-13-26(23(27)22(20)25-21)28-16-18-7-3-2-4-8-18/h2-11,14H,12-13,15-16H2,1H3,(H,24,25). The number of fused-ring (bicyclic) bond motifs is 1. The van der Waals surface area contributed by atoms with Crippen LogP contribution in [0.5, 0.6) is 0 Å². The quantitative estimate of drug-likeness (QED) is 0.706. The Morgan fingerprint density at radius 2 is 1.86 bits per heavy atom. The van der Waals surface area contributed by atoms with Crippen molar-refractivity contribution in [3.8, 4) is 0 Å². The monoisotopic (exact) mass is 373 g/mol. The predicted octanol–water partition coefficient (Wildman–Crippen LogP) is 4.13. The summed E-state index contributed by atoms with van der Waals surface area (Å²) in [7, 11) is 0. The number of aromatic nitrogens is 1. The average Bonchev–Trinajstić information content (AvgIpc) is 2.73. The summed E-state index contributed by atoms with van der Waals surface area (Å²) in [6.45, 7) is 3.64. The van der Waals surface area contributed by atoms with Crippen LogP contribution in [0.15, 0.2) is 66.7 Å². The lowest BCUT2D eigenvalue weighted by Gasteiger charge is -2.27. The van der Waals surface area contributed by atoms with E-state index in [1.165, 1.54) is 16.2 Å². The Kier molecular flexibility index (Phi) is 5.35. The fraction of sp³-hybridized carbons (Fsp3) is 0.217. The van der Waals surface area contributed by atoms with Crippen LogP contribution in [0.4, 0.5) is 5.82 Å². The summed E-state index contributed by atoms with van der Waals surface area (Å²) in [5.41, 5.74) is 4.86. The number of hydrogen-bond donors (Lipinski definition) is 1. The van der Waals surface area contributed by atoms with Gasteiger partial charge in [0.2, 0.25) is 0 Å². The zero-order chi connectivity index (χ0) is 19.3. The Morgan fingerprint density at radius 1 is 1.04 bits per heavy atom. The van der Waals surface area contributed by atoms with Crippen LogP contribution in [0, 0.1) is 6.92 Å². The number of hydroxylamine groups is 2. The lowest BCUT2D eigenvalue weighted by molar-refractivity contribution is -0.135. The Bertz CT molecular complexity index is 973. The molecule has 2 aromatic carbocycles. The largest absolute Gasteiger partial charge is 0.366 e. The van der Waals surface area contributed by atoms with Crippen molar-refractivity contribution in [2.75, 3.05) is 11.9 Å². The first kappa shape index (κ1) is 18.2. The number of nitrogens with one attached hydrogen (secondary N) is 1. The molecule has 0 bridgehead atoms. The summed E-state index contributed by atoms with van der Waals surface area (Å²) >= 11 is 0. The molecule has 1 aromatic heterocycles. The molecule has 3 aromatic rings. The fourth-order valence-corrected chi connectivity index (χ4v) is 3.28. The van der Waals surface area contributed by atoms with E-state index in [0.29, 0.717) is 31.2 Å². The molecule has 5 heteroatoms. The Labute approximate surface area is 164 Å². The summed E-state index contributed by atoms with van der Waals surface area (Å²) < 4.78 is 0. The van der Waals surface area contributed by atoms with Gasteiger partial charge in [0.05, 0.1) is 6.54 Å². The van der Waals surface area contributed by atoms with E-state index in [2.05, 4.69) is 35.4 Å². The number of hydrogen-bond acceptors (Lipinski definition) is 4. The second kappa shape index (κ2) is 8.23. The van der Waals surface area contributed by atoms with E-state index in [1.54, 1.807) is 0 Å². The molecular weight excluding hydrogens is 350 g/mol. The number of aryl methyl sites for hydroxylation is 1. The van der Waals surface area contributed by atoms with Crippen molar-refractivity contribution in [1.29, 1.82) is 0 Å². The van der Waals surface area contributed by atoms with Crippen molar-refractivity contribution in [3.63, 3.8) is 0 Å². The van der Waals surface area contributed by atoms with E-state index < -0.39 is 0 Å². The Hall–Kier alpha value is -3.18. The Morgan fingerprint density at radius 3 is 2.68 bits per heavy atom. The van der Waals surface area contributed by atoms with Crippen LogP contribution in [-0.2, 0) is 24.4 Å². The van der Waals surface area contributed by atoms with Crippen LogP contribution >= 0.6 is 0 Å². The van der Waals surface area contributed by atoms with E-state index in [-0.39, 0.29) is 5.91 Å². The van der Waals surface area contributed by atoms with Crippen molar-refractivity contribution in [2.45, 2.75) is 26.5 Å². The zero-order valence-electron chi connectivity index (χ0n) is 15.9. The maximum absolute atomic E-state index is 12.8. The molecule has 1 amide bonds. The van der Waals surface area contributed by atoms with E-state index in [0.717, 1.165) is 17.5 Å². The van der Waals surface area contributed by atoms with Crippen LogP contribution in [0.3, 0.4) is 0 Å². The van der Waals surface area contributed by atoms with Gasteiger partial charge in [0.25, 0.3) is 5.91 Å². The van der Waals surface area contributed by atoms with Crippen molar-refractivity contribution < 1.29 is 9.63 Å². The molecule has 4 rings (SSSR count). The van der Waals surface area contributed by atoms with Crippen LogP contribution in [-0.4, -0.2) is 22.5 Å². The average molecular weight is 373 g/mol. The van der Waals surface area contributed by atoms with Crippen LogP contribution in [0.25, 0.3) is 0 Å². The lowest BCUT2D eigenvalue weighted by atomic mass is 10.1. The second-order valence-electron chi connectivity index (χ2n) is 6.96. The molecule has 1 aliphatic rings. The van der Waals surface area contributed by atoms with Gasteiger partial charge in [0.1, 0.15) is 18.1 Å². The number of benzene rings is 2.